The fourth-order valence-corrected chi connectivity index (χ4v) is 3.27. The minimum absolute atomic E-state index is 0. The van der Waals surface area contributed by atoms with Crippen molar-refractivity contribution in [1.82, 2.24) is 15.5 Å². The summed E-state index contributed by atoms with van der Waals surface area (Å²) in [5, 5.41) is 5.24. The summed E-state index contributed by atoms with van der Waals surface area (Å²) in [5.74, 6) is -0.741. The summed E-state index contributed by atoms with van der Waals surface area (Å²) < 4.78 is 62.9. The molecule has 6 nitrogen and oxygen atoms in total. The molecule has 1 unspecified atom stereocenters. The molecule has 0 spiro atoms. The number of benzene rings is 1. The largest absolute Gasteiger partial charge is 0.405 e. The highest BCUT2D eigenvalue weighted by atomic mass is 35.5. The summed E-state index contributed by atoms with van der Waals surface area (Å²) >= 11 is 0. The van der Waals surface area contributed by atoms with E-state index in [9.17, 15) is 26.4 Å². The molecule has 1 aliphatic heterocycles. The third-order valence-electron chi connectivity index (χ3n) is 3.95. The normalized spacial score (nSPS) is 17.2. The number of rotatable bonds is 5. The predicted molar refractivity (Wildman–Crippen MR) is 93.4 cm³/mol. The minimum Gasteiger partial charge on any atom is -0.350 e. The number of halogens is 4. The van der Waals surface area contributed by atoms with Crippen molar-refractivity contribution in [2.24, 2.45) is 0 Å². The molecular weight excluding hydrogens is 395 g/mol. The Morgan fingerprint density at radius 1 is 1.31 bits per heavy atom. The smallest absolute Gasteiger partial charge is 0.350 e. The molecule has 11 heteroatoms. The molecule has 1 amide bonds. The van der Waals surface area contributed by atoms with Crippen LogP contribution in [0.4, 0.5) is 13.2 Å². The maximum atomic E-state index is 13.3. The van der Waals surface area contributed by atoms with Crippen LogP contribution >= 0.6 is 12.4 Å². The molecule has 0 aromatic heterocycles. The van der Waals surface area contributed by atoms with Gasteiger partial charge in [-0.3, -0.25) is 9.69 Å². The van der Waals surface area contributed by atoms with E-state index < -0.39 is 34.5 Å². The summed E-state index contributed by atoms with van der Waals surface area (Å²) in [7, 11) is -3.51. The van der Waals surface area contributed by atoms with Crippen LogP contribution in [0.1, 0.15) is 10.4 Å². The Hall–Kier alpha value is -1.36. The number of nitrogens with zero attached hydrogens (tertiary/aromatic N) is 1. The number of nitrogens with one attached hydrogen (secondary N) is 2. The van der Waals surface area contributed by atoms with E-state index >= 15 is 0 Å². The van der Waals surface area contributed by atoms with E-state index in [-0.39, 0.29) is 36.0 Å². The first-order valence-corrected chi connectivity index (χ1v) is 9.58. The lowest BCUT2D eigenvalue weighted by Crippen LogP contribution is -2.57. The van der Waals surface area contributed by atoms with Crippen molar-refractivity contribution in [3.63, 3.8) is 0 Å². The highest BCUT2D eigenvalue weighted by Gasteiger charge is 2.43. The Balaban J connectivity index is 0.00000338. The summed E-state index contributed by atoms with van der Waals surface area (Å²) in [6.45, 7) is 0.798. The van der Waals surface area contributed by atoms with E-state index in [0.29, 0.717) is 13.1 Å². The van der Waals surface area contributed by atoms with Crippen molar-refractivity contribution in [1.29, 1.82) is 0 Å². The number of carbonyl (C=O) groups excluding carboxylic acids is 1. The first-order valence-electron chi connectivity index (χ1n) is 7.69. The number of amides is 1. The van der Waals surface area contributed by atoms with Crippen molar-refractivity contribution < 1.29 is 26.4 Å². The van der Waals surface area contributed by atoms with Crippen LogP contribution < -0.4 is 10.6 Å². The molecule has 0 bridgehead atoms. The summed E-state index contributed by atoms with van der Waals surface area (Å²) in [6.07, 6.45) is -3.48. The van der Waals surface area contributed by atoms with Crippen molar-refractivity contribution in [3.05, 3.63) is 29.8 Å². The van der Waals surface area contributed by atoms with Crippen LogP contribution in [-0.2, 0) is 9.84 Å². The Kier molecular flexibility index (Phi) is 7.87. The van der Waals surface area contributed by atoms with Crippen LogP contribution in [0.5, 0.6) is 0 Å². The SMILES string of the molecule is CS(=O)(=O)c1cccc(C(=O)NCC(N2CCNCC2)C(F)(F)F)c1.Cl. The lowest BCUT2D eigenvalue weighted by molar-refractivity contribution is -0.183. The fourth-order valence-electron chi connectivity index (χ4n) is 2.61. The fraction of sp³-hybridized carbons (Fsp3) is 0.533. The van der Waals surface area contributed by atoms with E-state index in [2.05, 4.69) is 10.6 Å². The Bertz CT molecular complexity index is 722. The third-order valence-corrected chi connectivity index (χ3v) is 5.06. The van der Waals surface area contributed by atoms with Gasteiger partial charge in [-0.25, -0.2) is 8.42 Å². The van der Waals surface area contributed by atoms with Crippen LogP contribution in [0.15, 0.2) is 29.2 Å². The van der Waals surface area contributed by atoms with Crippen LogP contribution in [0.2, 0.25) is 0 Å². The summed E-state index contributed by atoms with van der Waals surface area (Å²) in [6, 6.07) is 3.43. The van der Waals surface area contributed by atoms with E-state index in [1.165, 1.54) is 23.1 Å². The van der Waals surface area contributed by atoms with E-state index in [1.54, 1.807) is 0 Å². The maximum absolute atomic E-state index is 13.3. The average molecular weight is 416 g/mol. The highest BCUT2D eigenvalue weighted by molar-refractivity contribution is 7.90. The molecule has 148 valence electrons. The van der Waals surface area contributed by atoms with Crippen LogP contribution in [-0.4, -0.2) is 70.4 Å². The highest BCUT2D eigenvalue weighted by Crippen LogP contribution is 2.25. The van der Waals surface area contributed by atoms with Crippen molar-refractivity contribution in [2.75, 3.05) is 39.0 Å². The van der Waals surface area contributed by atoms with Gasteiger partial charge in [-0.15, -0.1) is 12.4 Å². The molecule has 0 aliphatic carbocycles. The van der Waals surface area contributed by atoms with Crippen LogP contribution in [0.25, 0.3) is 0 Å². The zero-order valence-corrected chi connectivity index (χ0v) is 15.7. The molecule has 1 saturated heterocycles. The molecule has 1 aromatic carbocycles. The molecule has 1 heterocycles. The Morgan fingerprint density at radius 3 is 2.46 bits per heavy atom. The molecule has 1 aromatic rings. The van der Waals surface area contributed by atoms with Gasteiger partial charge >= 0.3 is 6.18 Å². The molecule has 1 atom stereocenters. The molecule has 26 heavy (non-hydrogen) atoms. The second-order valence-electron chi connectivity index (χ2n) is 5.85. The average Bonchev–Trinajstić information content (AvgIpc) is 2.54. The van der Waals surface area contributed by atoms with Gasteiger partial charge in [0.2, 0.25) is 0 Å². The number of hydrogen-bond donors (Lipinski definition) is 2. The second kappa shape index (κ2) is 9.03. The lowest BCUT2D eigenvalue weighted by Gasteiger charge is -2.35. The van der Waals surface area contributed by atoms with Gasteiger partial charge in [0.15, 0.2) is 9.84 Å². The van der Waals surface area contributed by atoms with Gasteiger partial charge in [0.1, 0.15) is 6.04 Å². The van der Waals surface area contributed by atoms with Gasteiger partial charge in [0, 0.05) is 44.5 Å². The topological polar surface area (TPSA) is 78.5 Å². The second-order valence-corrected chi connectivity index (χ2v) is 7.87. The van der Waals surface area contributed by atoms with Gasteiger partial charge in [0.25, 0.3) is 5.91 Å². The van der Waals surface area contributed by atoms with E-state index in [1.807, 2.05) is 0 Å². The van der Waals surface area contributed by atoms with Crippen molar-refractivity contribution in [3.8, 4) is 0 Å². The van der Waals surface area contributed by atoms with Crippen molar-refractivity contribution in [2.45, 2.75) is 17.1 Å². The zero-order valence-electron chi connectivity index (χ0n) is 14.0. The Morgan fingerprint density at radius 2 is 1.92 bits per heavy atom. The first kappa shape index (κ1) is 22.7. The number of hydrogen-bond acceptors (Lipinski definition) is 5. The molecule has 1 aliphatic rings. The minimum atomic E-state index is -4.47. The van der Waals surface area contributed by atoms with E-state index in [0.717, 1.165) is 12.3 Å². The predicted octanol–water partition coefficient (Wildman–Crippen LogP) is 1.08. The molecule has 1 fully saturated rings. The number of piperazine rings is 1. The maximum Gasteiger partial charge on any atom is 0.405 e. The monoisotopic (exact) mass is 415 g/mol. The molecule has 2 N–H and O–H groups in total. The van der Waals surface area contributed by atoms with Gasteiger partial charge in [-0.2, -0.15) is 13.2 Å². The summed E-state index contributed by atoms with van der Waals surface area (Å²) in [5.41, 5.74) is 0.00385. The first-order chi connectivity index (χ1) is 11.6. The molecule has 2 rings (SSSR count). The molecule has 0 saturated carbocycles. The van der Waals surface area contributed by atoms with Gasteiger partial charge in [-0.1, -0.05) is 6.07 Å². The summed E-state index contributed by atoms with van der Waals surface area (Å²) in [4.78, 5) is 13.4. The van der Waals surface area contributed by atoms with Gasteiger partial charge < -0.3 is 10.6 Å². The number of sulfone groups is 1. The van der Waals surface area contributed by atoms with Gasteiger partial charge in [-0.05, 0) is 18.2 Å². The quantitative estimate of drug-likeness (QED) is 0.752. The van der Waals surface area contributed by atoms with E-state index in [4.69, 9.17) is 0 Å². The van der Waals surface area contributed by atoms with Crippen LogP contribution in [0, 0.1) is 0 Å². The standard InChI is InChI=1S/C15H20F3N3O3S.ClH/c1-25(23,24)12-4-2-3-11(9-12)14(22)20-10-13(15(16,17)18)21-7-5-19-6-8-21;/h2-4,9,13,19H,5-8,10H2,1H3,(H,20,22);1H. The third kappa shape index (κ3) is 6.11. The van der Waals surface area contributed by atoms with Gasteiger partial charge in [0.05, 0.1) is 4.90 Å². The molecular formula is C15H21ClF3N3O3S. The Labute approximate surface area is 156 Å². The van der Waals surface area contributed by atoms with Crippen LogP contribution in [0.3, 0.4) is 0 Å². The zero-order chi connectivity index (χ0) is 18.7. The number of alkyl halides is 3. The lowest BCUT2D eigenvalue weighted by atomic mass is 10.1. The molecule has 0 radical (unpaired) electrons. The van der Waals surface area contributed by atoms with Crippen molar-refractivity contribution >= 4 is 28.2 Å². The number of carbonyl (C=O) groups is 1.